The number of carbonyl (C=O) groups is 1. The summed E-state index contributed by atoms with van der Waals surface area (Å²) in [5.41, 5.74) is 0.128. The van der Waals surface area contributed by atoms with E-state index in [4.69, 9.17) is 4.74 Å². The van der Waals surface area contributed by atoms with Gasteiger partial charge in [-0.1, -0.05) is 5.21 Å². The molecule has 0 aliphatic carbocycles. The average Bonchev–Trinajstić information content (AvgIpc) is 2.98. The lowest BCUT2D eigenvalue weighted by Crippen LogP contribution is -3.14. The van der Waals surface area contributed by atoms with E-state index in [-0.39, 0.29) is 17.5 Å². The van der Waals surface area contributed by atoms with Crippen molar-refractivity contribution in [3.63, 3.8) is 0 Å². The molecule has 0 radical (unpaired) electrons. The average molecular weight is 357 g/mol. The zero-order valence-electron chi connectivity index (χ0n) is 13.8. The summed E-state index contributed by atoms with van der Waals surface area (Å²) in [4.78, 5) is 12.7. The highest BCUT2D eigenvalue weighted by Gasteiger charge is 2.32. The number of hydrogen-bond acceptors (Lipinski definition) is 4. The van der Waals surface area contributed by atoms with Crippen LogP contribution in [0.15, 0.2) is 18.2 Å². The molecule has 0 bridgehead atoms. The van der Waals surface area contributed by atoms with Crippen LogP contribution in [0.4, 0.5) is 13.2 Å². The first-order valence-electron chi connectivity index (χ1n) is 8.30. The lowest BCUT2D eigenvalue weighted by molar-refractivity contribution is -0.898. The van der Waals surface area contributed by atoms with Crippen molar-refractivity contribution in [3.8, 4) is 0 Å². The Morgan fingerprint density at radius 2 is 2.08 bits per heavy atom. The number of benzene rings is 1. The third kappa shape index (κ3) is 3.92. The van der Waals surface area contributed by atoms with Crippen molar-refractivity contribution < 1.29 is 27.6 Å². The van der Waals surface area contributed by atoms with Crippen molar-refractivity contribution >= 4 is 17.0 Å². The maximum absolute atomic E-state index is 12.8. The number of halogens is 3. The summed E-state index contributed by atoms with van der Waals surface area (Å²) in [6, 6.07) is 3.59. The molecule has 0 unspecified atom stereocenters. The Kier molecular flexibility index (Phi) is 4.94. The molecule has 3 rings (SSSR count). The molecule has 1 saturated heterocycles. The fourth-order valence-electron chi connectivity index (χ4n) is 3.24. The number of nitrogens with one attached hydrogen (secondary N) is 1. The highest BCUT2D eigenvalue weighted by molar-refractivity contribution is 5.75. The second-order valence-corrected chi connectivity index (χ2v) is 6.20. The van der Waals surface area contributed by atoms with Crippen molar-refractivity contribution in [1.82, 2.24) is 15.0 Å². The van der Waals surface area contributed by atoms with Gasteiger partial charge in [0.2, 0.25) is 0 Å². The van der Waals surface area contributed by atoms with Gasteiger partial charge < -0.3 is 9.64 Å². The number of rotatable bonds is 4. The van der Waals surface area contributed by atoms with Gasteiger partial charge in [-0.3, -0.25) is 0 Å². The van der Waals surface area contributed by atoms with Crippen LogP contribution in [0.25, 0.3) is 11.0 Å². The van der Waals surface area contributed by atoms with Crippen molar-refractivity contribution in [3.05, 3.63) is 23.8 Å². The first kappa shape index (κ1) is 17.7. The molecule has 6 nitrogen and oxygen atoms in total. The number of ether oxygens (including phenoxy) is 1. The third-order valence-corrected chi connectivity index (χ3v) is 4.51. The van der Waals surface area contributed by atoms with E-state index in [9.17, 15) is 18.0 Å². The minimum atomic E-state index is -4.39. The predicted octanol–water partition coefficient (Wildman–Crippen LogP) is 1.23. The number of fused-ring (bicyclic) bond motifs is 1. The number of esters is 1. The van der Waals surface area contributed by atoms with Gasteiger partial charge in [0.15, 0.2) is 6.54 Å². The van der Waals surface area contributed by atoms with Crippen LogP contribution >= 0.6 is 0 Å². The molecule has 1 aliphatic heterocycles. The molecule has 1 aromatic carbocycles. The van der Waals surface area contributed by atoms with E-state index in [0.717, 1.165) is 43.0 Å². The molecule has 0 saturated carbocycles. The highest BCUT2D eigenvalue weighted by atomic mass is 19.4. The van der Waals surface area contributed by atoms with Gasteiger partial charge >= 0.3 is 12.1 Å². The van der Waals surface area contributed by atoms with Gasteiger partial charge in [-0.2, -0.15) is 13.2 Å². The van der Waals surface area contributed by atoms with Gasteiger partial charge in [-0.05, 0) is 25.1 Å². The van der Waals surface area contributed by atoms with E-state index < -0.39 is 11.7 Å². The molecule has 2 aromatic rings. The van der Waals surface area contributed by atoms with Crippen LogP contribution < -0.4 is 4.90 Å². The fraction of sp³-hybridized carbons (Fsp3) is 0.562. The normalized spacial score (nSPS) is 21.4. The molecule has 25 heavy (non-hydrogen) atoms. The van der Waals surface area contributed by atoms with Crippen molar-refractivity contribution in [2.45, 2.75) is 32.0 Å². The van der Waals surface area contributed by atoms with Crippen LogP contribution in [-0.4, -0.2) is 47.2 Å². The number of alkyl halides is 3. The second-order valence-electron chi connectivity index (χ2n) is 6.20. The summed E-state index contributed by atoms with van der Waals surface area (Å²) in [6.07, 6.45) is -2.82. The summed E-state index contributed by atoms with van der Waals surface area (Å²) in [6.45, 7) is 4.06. The first-order chi connectivity index (χ1) is 11.9. The van der Waals surface area contributed by atoms with E-state index in [0.29, 0.717) is 18.7 Å². The SMILES string of the molecule is CCOC(=O)C[NH+]1CCC(n2nnc3cc(C(F)(F)F)ccc32)CC1. The number of nitrogens with zero attached hydrogens (tertiary/aromatic N) is 3. The first-order valence-corrected chi connectivity index (χ1v) is 8.30. The maximum Gasteiger partial charge on any atom is 0.416 e. The smallest absolute Gasteiger partial charge is 0.416 e. The Hall–Kier alpha value is -2.16. The van der Waals surface area contributed by atoms with Crippen LogP contribution in [0.2, 0.25) is 0 Å². The summed E-state index contributed by atoms with van der Waals surface area (Å²) in [5, 5.41) is 7.95. The van der Waals surface area contributed by atoms with Crippen LogP contribution in [0, 0.1) is 0 Å². The van der Waals surface area contributed by atoms with E-state index in [2.05, 4.69) is 10.3 Å². The van der Waals surface area contributed by atoms with Gasteiger partial charge in [0, 0.05) is 12.8 Å². The Balaban J connectivity index is 1.68. The third-order valence-electron chi connectivity index (χ3n) is 4.51. The minimum Gasteiger partial charge on any atom is -0.462 e. The zero-order valence-corrected chi connectivity index (χ0v) is 13.8. The largest absolute Gasteiger partial charge is 0.462 e. The second kappa shape index (κ2) is 6.99. The summed E-state index contributed by atoms with van der Waals surface area (Å²) in [7, 11) is 0. The molecular weight excluding hydrogens is 337 g/mol. The monoisotopic (exact) mass is 357 g/mol. The molecule has 136 valence electrons. The van der Waals surface area contributed by atoms with Gasteiger partial charge in [0.05, 0.1) is 36.8 Å². The summed E-state index contributed by atoms with van der Waals surface area (Å²) >= 11 is 0. The highest BCUT2D eigenvalue weighted by Crippen LogP contribution is 2.31. The van der Waals surface area contributed by atoms with Crippen molar-refractivity contribution in [2.75, 3.05) is 26.2 Å². The van der Waals surface area contributed by atoms with Gasteiger partial charge in [0.1, 0.15) is 5.52 Å². The van der Waals surface area contributed by atoms with E-state index in [1.165, 1.54) is 6.07 Å². The lowest BCUT2D eigenvalue weighted by Gasteiger charge is -2.28. The Bertz CT molecular complexity index is 751. The number of quaternary nitrogens is 1. The van der Waals surface area contributed by atoms with Gasteiger partial charge in [0.25, 0.3) is 0 Å². The molecule has 0 amide bonds. The molecule has 1 N–H and O–H groups in total. The van der Waals surface area contributed by atoms with Gasteiger partial charge in [-0.25, -0.2) is 9.48 Å². The number of likely N-dealkylation sites (tertiary alicyclic amines) is 1. The standard InChI is InChI=1S/C16H19F3N4O2/c1-2-25-15(24)10-22-7-5-12(6-8-22)23-14-4-3-11(16(17,18)19)9-13(14)20-21-23/h3-4,9,12H,2,5-8,10H2,1H3/p+1. The molecule has 0 spiro atoms. The van der Waals surface area contributed by atoms with Crippen LogP contribution in [0.3, 0.4) is 0 Å². The molecule has 1 fully saturated rings. The van der Waals surface area contributed by atoms with E-state index >= 15 is 0 Å². The lowest BCUT2D eigenvalue weighted by atomic mass is 10.0. The molecule has 1 aromatic heterocycles. The Morgan fingerprint density at radius 3 is 2.72 bits per heavy atom. The fourth-order valence-corrected chi connectivity index (χ4v) is 3.24. The Labute approximate surface area is 142 Å². The molecule has 1 aliphatic rings. The minimum absolute atomic E-state index is 0.0766. The van der Waals surface area contributed by atoms with Crippen LogP contribution in [0.1, 0.15) is 31.4 Å². The number of aromatic nitrogens is 3. The molecular formula is C16H20F3N4O2+. The Morgan fingerprint density at radius 1 is 1.36 bits per heavy atom. The van der Waals surface area contributed by atoms with E-state index in [1.54, 1.807) is 11.6 Å². The van der Waals surface area contributed by atoms with E-state index in [1.807, 2.05) is 0 Å². The van der Waals surface area contributed by atoms with Crippen LogP contribution in [0.5, 0.6) is 0 Å². The topological polar surface area (TPSA) is 61.5 Å². The maximum atomic E-state index is 12.8. The molecule has 9 heteroatoms. The van der Waals surface area contributed by atoms with Crippen molar-refractivity contribution in [1.29, 1.82) is 0 Å². The number of hydrogen-bond donors (Lipinski definition) is 1. The van der Waals surface area contributed by atoms with Crippen LogP contribution in [-0.2, 0) is 15.7 Å². The zero-order chi connectivity index (χ0) is 18.0. The summed E-state index contributed by atoms with van der Waals surface area (Å²) < 4.78 is 45.0. The summed E-state index contributed by atoms with van der Waals surface area (Å²) in [5.74, 6) is -0.207. The molecule has 2 heterocycles. The quantitative estimate of drug-likeness (QED) is 0.837. The van der Waals surface area contributed by atoms with Crippen molar-refractivity contribution in [2.24, 2.45) is 0 Å². The number of piperidine rings is 1. The number of carbonyl (C=O) groups excluding carboxylic acids is 1. The molecule has 0 atom stereocenters. The predicted molar refractivity (Wildman–Crippen MR) is 83.0 cm³/mol. The van der Waals surface area contributed by atoms with Gasteiger partial charge in [-0.15, -0.1) is 5.10 Å².